The van der Waals surface area contributed by atoms with E-state index in [0.29, 0.717) is 6.04 Å². The van der Waals surface area contributed by atoms with Gasteiger partial charge in [0, 0.05) is 43.0 Å². The van der Waals surface area contributed by atoms with Gasteiger partial charge in [-0.05, 0) is 52.3 Å². The fourth-order valence-electron chi connectivity index (χ4n) is 3.67. The summed E-state index contributed by atoms with van der Waals surface area (Å²) in [5.41, 5.74) is 4.96. The number of fused-ring (bicyclic) bond motifs is 3. The first kappa shape index (κ1) is 16.5. The molecule has 134 valence electrons. The molecule has 2 aliphatic rings. The highest BCUT2D eigenvalue weighted by Gasteiger charge is 2.28. The van der Waals surface area contributed by atoms with Crippen LogP contribution in [0, 0.1) is 0 Å². The monoisotopic (exact) mass is 340 g/mol. The van der Waals surface area contributed by atoms with Crippen LogP contribution < -0.4 is 15.0 Å². The van der Waals surface area contributed by atoms with Crippen LogP contribution in [0.25, 0.3) is 11.3 Å². The van der Waals surface area contributed by atoms with E-state index in [1.54, 1.807) is 0 Å². The fraction of sp³-hybridized carbons (Fsp3) is 0.550. The molecule has 1 fully saturated rings. The smallest absolute Gasteiger partial charge is 0.121 e. The molecule has 1 N–H and O–H groups in total. The third kappa shape index (κ3) is 3.13. The summed E-state index contributed by atoms with van der Waals surface area (Å²) in [6.45, 7) is 6.98. The molecular weight excluding hydrogens is 312 g/mol. The normalized spacial score (nSPS) is 16.6. The van der Waals surface area contributed by atoms with Gasteiger partial charge in [0.1, 0.15) is 5.75 Å². The third-order valence-electron chi connectivity index (χ3n) is 5.19. The summed E-state index contributed by atoms with van der Waals surface area (Å²) in [6, 6.07) is 7.03. The zero-order valence-corrected chi connectivity index (χ0v) is 15.5. The predicted octanol–water partition coefficient (Wildman–Crippen LogP) is 3.60. The zero-order chi connectivity index (χ0) is 17.4. The lowest BCUT2D eigenvalue weighted by Gasteiger charge is -2.31. The van der Waals surface area contributed by atoms with E-state index in [1.165, 1.54) is 36.1 Å². The van der Waals surface area contributed by atoms with Gasteiger partial charge in [0.05, 0.1) is 23.5 Å². The average Bonchev–Trinajstić information content (AvgIpc) is 2.93. The molecule has 0 amide bonds. The topological polar surface area (TPSA) is 42.3 Å². The molecule has 1 aliphatic carbocycles. The summed E-state index contributed by atoms with van der Waals surface area (Å²) in [5, 5.41) is 8.22. The summed E-state index contributed by atoms with van der Waals surface area (Å²) >= 11 is 0. The van der Waals surface area contributed by atoms with Crippen molar-refractivity contribution in [3.63, 3.8) is 0 Å². The van der Waals surface area contributed by atoms with Gasteiger partial charge in [-0.2, -0.15) is 5.10 Å². The third-order valence-corrected chi connectivity index (χ3v) is 5.19. The Morgan fingerprint density at radius 3 is 2.84 bits per heavy atom. The van der Waals surface area contributed by atoms with E-state index in [0.717, 1.165) is 31.1 Å². The van der Waals surface area contributed by atoms with Crippen molar-refractivity contribution in [2.75, 3.05) is 25.0 Å². The van der Waals surface area contributed by atoms with E-state index in [9.17, 15) is 0 Å². The summed E-state index contributed by atoms with van der Waals surface area (Å²) in [6.07, 6.45) is 6.31. The highest BCUT2D eigenvalue weighted by atomic mass is 16.5. The van der Waals surface area contributed by atoms with E-state index in [2.05, 4.69) is 53.1 Å². The maximum absolute atomic E-state index is 5.92. The minimum absolute atomic E-state index is 0.181. The number of anilines is 1. The molecule has 1 aromatic heterocycles. The number of ether oxygens (including phenoxy) is 1. The van der Waals surface area contributed by atoms with Crippen molar-refractivity contribution in [2.45, 2.75) is 51.8 Å². The van der Waals surface area contributed by atoms with Gasteiger partial charge in [-0.15, -0.1) is 0 Å². The zero-order valence-electron chi connectivity index (χ0n) is 15.5. The van der Waals surface area contributed by atoms with Crippen LogP contribution in [0.3, 0.4) is 0 Å². The molecule has 0 spiro atoms. The van der Waals surface area contributed by atoms with Gasteiger partial charge in [-0.1, -0.05) is 0 Å². The molecule has 2 heterocycles. The van der Waals surface area contributed by atoms with Gasteiger partial charge in [-0.3, -0.25) is 4.68 Å². The molecular formula is C20H28N4O. The number of aromatic nitrogens is 2. The van der Waals surface area contributed by atoms with Crippen LogP contribution in [0.1, 0.15) is 44.7 Å². The van der Waals surface area contributed by atoms with Crippen LogP contribution >= 0.6 is 0 Å². The second kappa shape index (κ2) is 6.71. The first-order valence-electron chi connectivity index (χ1n) is 9.44. The summed E-state index contributed by atoms with van der Waals surface area (Å²) in [4.78, 5) is 2.44. The molecule has 0 saturated heterocycles. The van der Waals surface area contributed by atoms with Crippen LogP contribution in [-0.4, -0.2) is 36.0 Å². The quantitative estimate of drug-likeness (QED) is 0.872. The molecule has 1 saturated carbocycles. The molecule has 0 atom stereocenters. The lowest BCUT2D eigenvalue weighted by atomic mass is 9.93. The van der Waals surface area contributed by atoms with Crippen molar-refractivity contribution in [3.8, 4) is 17.0 Å². The fourth-order valence-corrected chi connectivity index (χ4v) is 3.67. The second-order valence-corrected chi connectivity index (χ2v) is 7.44. The average molecular weight is 340 g/mol. The van der Waals surface area contributed by atoms with Crippen LogP contribution in [0.5, 0.6) is 5.75 Å². The van der Waals surface area contributed by atoms with Crippen LogP contribution in [-0.2, 0) is 6.54 Å². The van der Waals surface area contributed by atoms with Crippen molar-refractivity contribution in [2.24, 2.45) is 0 Å². The first-order chi connectivity index (χ1) is 12.2. The molecule has 0 bridgehead atoms. The Balaban J connectivity index is 1.71. The van der Waals surface area contributed by atoms with Crippen LogP contribution in [0.15, 0.2) is 24.4 Å². The molecule has 0 radical (unpaired) electrons. The lowest BCUT2D eigenvalue weighted by molar-refractivity contribution is 0.242. The van der Waals surface area contributed by atoms with E-state index in [4.69, 9.17) is 9.84 Å². The molecule has 5 heteroatoms. The SMILES string of the molecule is CNCCN1Cc2cn(C3CCC3)nc2-c2ccc(OC(C)C)cc21. The first-order valence-corrected chi connectivity index (χ1v) is 9.44. The molecule has 1 aromatic carbocycles. The number of likely N-dealkylation sites (N-methyl/N-ethyl adjacent to an activating group) is 1. The Morgan fingerprint density at radius 1 is 1.32 bits per heavy atom. The number of nitrogens with zero attached hydrogens (tertiary/aromatic N) is 3. The lowest BCUT2D eigenvalue weighted by Crippen LogP contribution is -2.32. The van der Waals surface area contributed by atoms with Crippen LogP contribution in [0.4, 0.5) is 5.69 Å². The Hall–Kier alpha value is -2.01. The standard InChI is InChI=1S/C20H28N4O/c1-14(2)25-17-7-8-18-19(11-17)23(10-9-21-3)12-15-13-24(22-20(15)18)16-5-4-6-16/h7-8,11,13-14,16,21H,4-6,9-10,12H2,1-3H3. The molecule has 25 heavy (non-hydrogen) atoms. The number of hydrogen-bond acceptors (Lipinski definition) is 4. The molecule has 2 aromatic rings. The molecule has 5 nitrogen and oxygen atoms in total. The minimum Gasteiger partial charge on any atom is -0.491 e. The summed E-state index contributed by atoms with van der Waals surface area (Å²) in [7, 11) is 2.00. The number of rotatable bonds is 6. The minimum atomic E-state index is 0.181. The predicted molar refractivity (Wildman–Crippen MR) is 101 cm³/mol. The maximum Gasteiger partial charge on any atom is 0.121 e. The Labute approximate surface area is 150 Å². The van der Waals surface area contributed by atoms with Gasteiger partial charge in [-0.25, -0.2) is 0 Å². The molecule has 1 aliphatic heterocycles. The number of nitrogens with one attached hydrogen (secondary N) is 1. The van der Waals surface area contributed by atoms with Gasteiger partial charge < -0.3 is 15.0 Å². The van der Waals surface area contributed by atoms with Crippen molar-refractivity contribution < 1.29 is 4.74 Å². The summed E-state index contributed by atoms with van der Waals surface area (Å²) < 4.78 is 8.13. The van der Waals surface area contributed by atoms with E-state index in [-0.39, 0.29) is 6.10 Å². The van der Waals surface area contributed by atoms with Gasteiger partial charge in [0.25, 0.3) is 0 Å². The largest absolute Gasteiger partial charge is 0.491 e. The number of hydrogen-bond donors (Lipinski definition) is 1. The van der Waals surface area contributed by atoms with Crippen molar-refractivity contribution in [3.05, 3.63) is 30.0 Å². The molecule has 4 rings (SSSR count). The van der Waals surface area contributed by atoms with E-state index < -0.39 is 0 Å². The van der Waals surface area contributed by atoms with Crippen molar-refractivity contribution >= 4 is 5.69 Å². The van der Waals surface area contributed by atoms with E-state index >= 15 is 0 Å². The summed E-state index contributed by atoms with van der Waals surface area (Å²) in [5.74, 6) is 0.935. The Morgan fingerprint density at radius 2 is 2.16 bits per heavy atom. The Kier molecular flexibility index (Phi) is 4.42. The Bertz CT molecular complexity index is 748. The highest BCUT2D eigenvalue weighted by molar-refractivity contribution is 5.82. The van der Waals surface area contributed by atoms with E-state index in [1.807, 2.05) is 7.05 Å². The molecule has 0 unspecified atom stereocenters. The van der Waals surface area contributed by atoms with Gasteiger partial charge in [0.2, 0.25) is 0 Å². The van der Waals surface area contributed by atoms with Gasteiger partial charge in [0.15, 0.2) is 0 Å². The van der Waals surface area contributed by atoms with Crippen LogP contribution in [0.2, 0.25) is 0 Å². The maximum atomic E-state index is 5.92. The van der Waals surface area contributed by atoms with Crippen molar-refractivity contribution in [1.82, 2.24) is 15.1 Å². The van der Waals surface area contributed by atoms with Gasteiger partial charge >= 0.3 is 0 Å². The second-order valence-electron chi connectivity index (χ2n) is 7.44. The highest BCUT2D eigenvalue weighted by Crippen LogP contribution is 2.42. The van der Waals surface area contributed by atoms with Crippen molar-refractivity contribution in [1.29, 1.82) is 0 Å². The number of benzene rings is 1.